The van der Waals surface area contributed by atoms with Gasteiger partial charge in [0, 0.05) is 70.1 Å². The minimum atomic E-state index is -2.69. The maximum atomic E-state index is 13.4. The van der Waals surface area contributed by atoms with Crippen molar-refractivity contribution in [2.45, 2.75) is 70.0 Å². The van der Waals surface area contributed by atoms with E-state index in [1.807, 2.05) is 11.7 Å². The first-order valence-corrected chi connectivity index (χ1v) is 12.8. The van der Waals surface area contributed by atoms with Gasteiger partial charge >= 0.3 is 0 Å². The Morgan fingerprint density at radius 3 is 2.40 bits per heavy atom. The number of fused-ring (bicyclic) bond motifs is 1. The molecule has 0 spiro atoms. The van der Waals surface area contributed by atoms with E-state index in [4.69, 9.17) is 20.3 Å². The number of carbonyl (C=O) groups is 1. The number of nitrogens with two attached hydrogens (primary N) is 1. The van der Waals surface area contributed by atoms with Crippen LogP contribution in [-0.4, -0.2) is 85.5 Å². The van der Waals surface area contributed by atoms with E-state index < -0.39 is 11.8 Å². The number of likely N-dealkylation sites (N-methyl/N-ethyl adjacent to an activating group) is 1. The SMILES string of the molecule is COCC1(COC)CCC(c2c(CN(C)CCN)nn3c2CN(C(=O)C2CC(F)(F)C2)CC3)CC1. The van der Waals surface area contributed by atoms with Gasteiger partial charge in [-0.2, -0.15) is 5.10 Å². The molecule has 0 bridgehead atoms. The highest BCUT2D eigenvalue weighted by atomic mass is 19.3. The summed E-state index contributed by atoms with van der Waals surface area (Å²) in [5.41, 5.74) is 9.17. The molecule has 2 aliphatic carbocycles. The van der Waals surface area contributed by atoms with Crippen molar-refractivity contribution in [2.24, 2.45) is 17.1 Å². The molecule has 8 nitrogen and oxygen atoms in total. The lowest BCUT2D eigenvalue weighted by Crippen LogP contribution is -2.49. The molecule has 3 aliphatic rings. The number of aromatic nitrogens is 2. The summed E-state index contributed by atoms with van der Waals surface area (Å²) in [6, 6.07) is 0. The monoisotopic (exact) mass is 497 g/mol. The molecule has 2 saturated carbocycles. The van der Waals surface area contributed by atoms with E-state index in [0.29, 0.717) is 51.9 Å². The van der Waals surface area contributed by atoms with Crippen LogP contribution in [0.3, 0.4) is 0 Å². The number of hydrogen-bond donors (Lipinski definition) is 1. The van der Waals surface area contributed by atoms with E-state index in [1.165, 1.54) is 5.56 Å². The number of carbonyl (C=O) groups excluding carboxylic acids is 1. The van der Waals surface area contributed by atoms with Crippen LogP contribution < -0.4 is 5.73 Å². The third kappa shape index (κ3) is 5.70. The van der Waals surface area contributed by atoms with Gasteiger partial charge < -0.3 is 20.1 Å². The van der Waals surface area contributed by atoms with Crippen molar-refractivity contribution >= 4 is 5.91 Å². The number of ether oxygens (including phenoxy) is 2. The summed E-state index contributed by atoms with van der Waals surface area (Å²) in [5, 5.41) is 4.98. The van der Waals surface area contributed by atoms with Crippen LogP contribution in [0, 0.1) is 11.3 Å². The molecule has 35 heavy (non-hydrogen) atoms. The molecule has 1 aromatic heterocycles. The van der Waals surface area contributed by atoms with Gasteiger partial charge in [0.2, 0.25) is 11.8 Å². The number of methoxy groups -OCH3 is 2. The third-order valence-electron chi connectivity index (χ3n) is 8.13. The van der Waals surface area contributed by atoms with Gasteiger partial charge in [0.25, 0.3) is 0 Å². The van der Waals surface area contributed by atoms with E-state index in [2.05, 4.69) is 4.90 Å². The lowest BCUT2D eigenvalue weighted by Gasteiger charge is -2.40. The smallest absolute Gasteiger partial charge is 0.249 e. The Morgan fingerprint density at radius 1 is 1.17 bits per heavy atom. The van der Waals surface area contributed by atoms with Crippen molar-refractivity contribution < 1.29 is 23.0 Å². The van der Waals surface area contributed by atoms with Crippen molar-refractivity contribution in [3.8, 4) is 0 Å². The minimum Gasteiger partial charge on any atom is -0.384 e. The minimum absolute atomic E-state index is 0.0290. The number of amides is 1. The predicted octanol–water partition coefficient (Wildman–Crippen LogP) is 2.60. The molecule has 0 radical (unpaired) electrons. The predicted molar refractivity (Wildman–Crippen MR) is 128 cm³/mol. The molecule has 10 heteroatoms. The summed E-state index contributed by atoms with van der Waals surface area (Å²) in [6.45, 7) is 4.98. The summed E-state index contributed by atoms with van der Waals surface area (Å²) in [5.74, 6) is -3.05. The lowest BCUT2D eigenvalue weighted by atomic mass is 9.69. The molecule has 4 rings (SSSR count). The second-order valence-electron chi connectivity index (χ2n) is 10.9. The number of halogens is 2. The van der Waals surface area contributed by atoms with Gasteiger partial charge in [0.05, 0.1) is 37.7 Å². The zero-order valence-corrected chi connectivity index (χ0v) is 21.4. The highest BCUT2D eigenvalue weighted by Crippen LogP contribution is 2.46. The first-order chi connectivity index (χ1) is 16.7. The summed E-state index contributed by atoms with van der Waals surface area (Å²) >= 11 is 0. The largest absolute Gasteiger partial charge is 0.384 e. The maximum absolute atomic E-state index is 13.4. The fraction of sp³-hybridized carbons (Fsp3) is 0.840. The highest BCUT2D eigenvalue weighted by molar-refractivity contribution is 5.80. The Balaban J connectivity index is 1.56. The maximum Gasteiger partial charge on any atom is 0.249 e. The van der Waals surface area contributed by atoms with Crippen LogP contribution in [0.5, 0.6) is 0 Å². The van der Waals surface area contributed by atoms with Crippen molar-refractivity contribution in [1.29, 1.82) is 0 Å². The van der Waals surface area contributed by atoms with E-state index >= 15 is 0 Å². The molecular formula is C25H41F2N5O3. The molecule has 0 unspecified atom stereocenters. The molecular weight excluding hydrogens is 456 g/mol. The topological polar surface area (TPSA) is 85.8 Å². The summed E-state index contributed by atoms with van der Waals surface area (Å²) in [7, 11) is 5.53. The quantitative estimate of drug-likeness (QED) is 0.535. The van der Waals surface area contributed by atoms with E-state index in [0.717, 1.165) is 43.6 Å². The van der Waals surface area contributed by atoms with E-state index in [1.54, 1.807) is 19.1 Å². The van der Waals surface area contributed by atoms with Crippen molar-refractivity contribution in [1.82, 2.24) is 19.6 Å². The molecule has 0 aromatic carbocycles. The van der Waals surface area contributed by atoms with Crippen LogP contribution in [0.2, 0.25) is 0 Å². The van der Waals surface area contributed by atoms with Crippen molar-refractivity contribution in [2.75, 3.05) is 54.1 Å². The van der Waals surface area contributed by atoms with Gasteiger partial charge in [-0.1, -0.05) is 0 Å². The molecule has 2 fully saturated rings. The highest BCUT2D eigenvalue weighted by Gasteiger charge is 2.50. The molecule has 198 valence electrons. The van der Waals surface area contributed by atoms with Crippen LogP contribution in [0.25, 0.3) is 0 Å². The average Bonchev–Trinajstić information content (AvgIpc) is 3.15. The second-order valence-corrected chi connectivity index (χ2v) is 10.9. The zero-order valence-electron chi connectivity index (χ0n) is 21.4. The molecule has 1 aliphatic heterocycles. The van der Waals surface area contributed by atoms with Gasteiger partial charge in [-0.15, -0.1) is 0 Å². The normalized spacial score (nSPS) is 22.3. The standard InChI is InChI=1S/C25H41F2N5O3/c1-30(9-8-28)14-20-22(18-4-6-24(7-5-18,16-34-2)17-35-3)21-15-31(10-11-32(21)29-20)23(33)19-12-25(26,27)13-19/h18-19H,4-17,28H2,1-3H3. The number of hydrogen-bond acceptors (Lipinski definition) is 6. The van der Waals surface area contributed by atoms with Gasteiger partial charge in [0.1, 0.15) is 0 Å². The Hall–Kier alpha value is -1.62. The fourth-order valence-electron chi connectivity index (χ4n) is 6.28. The summed E-state index contributed by atoms with van der Waals surface area (Å²) in [4.78, 5) is 16.9. The number of rotatable bonds is 10. The van der Waals surface area contributed by atoms with Gasteiger partial charge in [-0.05, 0) is 38.6 Å². The Labute approximate surface area is 207 Å². The fourth-order valence-corrected chi connectivity index (χ4v) is 6.28. The molecule has 0 saturated heterocycles. The third-order valence-corrected chi connectivity index (χ3v) is 8.13. The molecule has 0 atom stereocenters. The van der Waals surface area contributed by atoms with E-state index in [9.17, 15) is 13.6 Å². The van der Waals surface area contributed by atoms with Crippen LogP contribution in [0.15, 0.2) is 0 Å². The van der Waals surface area contributed by atoms with Crippen LogP contribution in [0.1, 0.15) is 61.4 Å². The molecule has 1 amide bonds. The molecule has 2 heterocycles. The molecule has 1 aromatic rings. The number of alkyl halides is 2. The zero-order chi connectivity index (χ0) is 25.2. The average molecular weight is 498 g/mol. The number of nitrogens with zero attached hydrogens (tertiary/aromatic N) is 4. The first kappa shape index (κ1) is 26.4. The second kappa shape index (κ2) is 10.8. The molecule has 2 N–H and O–H groups in total. The van der Waals surface area contributed by atoms with Gasteiger partial charge in [-0.25, -0.2) is 8.78 Å². The van der Waals surface area contributed by atoms with Crippen molar-refractivity contribution in [3.05, 3.63) is 17.0 Å². The van der Waals surface area contributed by atoms with Gasteiger partial charge in [0.15, 0.2) is 0 Å². The van der Waals surface area contributed by atoms with Crippen LogP contribution in [-0.2, 0) is 33.9 Å². The Kier molecular flexibility index (Phi) is 8.15. The van der Waals surface area contributed by atoms with Gasteiger partial charge in [-0.3, -0.25) is 14.4 Å². The Bertz CT molecular complexity index is 869. The van der Waals surface area contributed by atoms with Crippen molar-refractivity contribution in [3.63, 3.8) is 0 Å². The van der Waals surface area contributed by atoms with Crippen LogP contribution >= 0.6 is 0 Å². The first-order valence-electron chi connectivity index (χ1n) is 12.8. The Morgan fingerprint density at radius 2 is 1.83 bits per heavy atom. The lowest BCUT2D eigenvalue weighted by molar-refractivity contribution is -0.161. The summed E-state index contributed by atoms with van der Waals surface area (Å²) < 4.78 is 39.9. The summed E-state index contributed by atoms with van der Waals surface area (Å²) in [6.07, 6.45) is 3.36. The van der Waals surface area contributed by atoms with E-state index in [-0.39, 0.29) is 24.2 Å². The van der Waals surface area contributed by atoms with Crippen LogP contribution in [0.4, 0.5) is 8.78 Å².